The maximum atomic E-state index is 13.2. The molecule has 1 fully saturated rings. The van der Waals surface area contributed by atoms with Crippen LogP contribution in [0, 0.1) is 11.6 Å². The standard InChI is InChI=1S/C18H18ClF2N3O/c19-16-3-1-2-4-17(16)23-5-7-24(8-6-23)18(25)22-12-13-9-14(20)11-15(21)10-13/h1-4,9-11H,5-8,12H2,(H,22,25). The van der Waals surface area contributed by atoms with E-state index in [9.17, 15) is 13.6 Å². The molecule has 3 rings (SSSR count). The predicted octanol–water partition coefficient (Wildman–Crippen LogP) is 3.65. The van der Waals surface area contributed by atoms with Crippen molar-refractivity contribution in [3.63, 3.8) is 0 Å². The Balaban J connectivity index is 1.52. The third kappa shape index (κ3) is 4.39. The molecular formula is C18H18ClF2N3O. The van der Waals surface area contributed by atoms with Gasteiger partial charge in [0.25, 0.3) is 0 Å². The Kier molecular flexibility index (Phi) is 5.38. The number of nitrogens with one attached hydrogen (secondary N) is 1. The van der Waals surface area contributed by atoms with E-state index in [-0.39, 0.29) is 12.6 Å². The van der Waals surface area contributed by atoms with E-state index in [1.54, 1.807) is 4.90 Å². The molecule has 1 aliphatic rings. The second kappa shape index (κ2) is 7.70. The number of carbonyl (C=O) groups excluding carboxylic acids is 1. The average molecular weight is 366 g/mol. The van der Waals surface area contributed by atoms with Crippen LogP contribution in [0.1, 0.15) is 5.56 Å². The average Bonchev–Trinajstić information content (AvgIpc) is 2.59. The summed E-state index contributed by atoms with van der Waals surface area (Å²) in [6.07, 6.45) is 0. The topological polar surface area (TPSA) is 35.6 Å². The number of para-hydroxylation sites is 1. The number of amides is 2. The fourth-order valence-electron chi connectivity index (χ4n) is 2.86. The zero-order valence-corrected chi connectivity index (χ0v) is 14.3. The minimum absolute atomic E-state index is 0.0816. The van der Waals surface area contributed by atoms with Crippen molar-refractivity contribution in [1.29, 1.82) is 0 Å². The monoisotopic (exact) mass is 365 g/mol. The summed E-state index contributed by atoms with van der Waals surface area (Å²) in [5.41, 5.74) is 1.35. The SMILES string of the molecule is O=C(NCc1cc(F)cc(F)c1)N1CCN(c2ccccc2Cl)CC1. The maximum absolute atomic E-state index is 13.2. The van der Waals surface area contributed by atoms with E-state index in [4.69, 9.17) is 11.6 Å². The highest BCUT2D eigenvalue weighted by Crippen LogP contribution is 2.26. The molecule has 1 saturated heterocycles. The van der Waals surface area contributed by atoms with Crippen LogP contribution in [0.2, 0.25) is 5.02 Å². The Morgan fingerprint density at radius 2 is 1.68 bits per heavy atom. The highest BCUT2D eigenvalue weighted by Gasteiger charge is 2.22. The number of piperazine rings is 1. The lowest BCUT2D eigenvalue weighted by molar-refractivity contribution is 0.194. The van der Waals surface area contributed by atoms with Crippen LogP contribution in [0.5, 0.6) is 0 Å². The fourth-order valence-corrected chi connectivity index (χ4v) is 3.12. The van der Waals surface area contributed by atoms with Gasteiger partial charge in [0.1, 0.15) is 11.6 Å². The van der Waals surface area contributed by atoms with E-state index in [1.165, 1.54) is 12.1 Å². The Hall–Kier alpha value is -2.34. The van der Waals surface area contributed by atoms with Crippen molar-refractivity contribution in [2.45, 2.75) is 6.54 Å². The first-order valence-electron chi connectivity index (χ1n) is 8.00. The van der Waals surface area contributed by atoms with Gasteiger partial charge in [0.05, 0.1) is 10.7 Å². The van der Waals surface area contributed by atoms with Gasteiger partial charge in [-0.1, -0.05) is 23.7 Å². The van der Waals surface area contributed by atoms with Crippen molar-refractivity contribution in [3.05, 3.63) is 64.7 Å². The molecule has 1 N–H and O–H groups in total. The van der Waals surface area contributed by atoms with Gasteiger partial charge in [-0.2, -0.15) is 0 Å². The molecule has 0 radical (unpaired) electrons. The Labute approximate surface area is 150 Å². The third-order valence-corrected chi connectivity index (χ3v) is 4.45. The largest absolute Gasteiger partial charge is 0.367 e. The summed E-state index contributed by atoms with van der Waals surface area (Å²) in [4.78, 5) is 16.1. The second-order valence-corrected chi connectivity index (χ2v) is 6.27. The number of anilines is 1. The van der Waals surface area contributed by atoms with Crippen molar-refractivity contribution >= 4 is 23.3 Å². The first-order chi connectivity index (χ1) is 12.0. The minimum Gasteiger partial charge on any atom is -0.367 e. The van der Waals surface area contributed by atoms with Gasteiger partial charge in [-0.25, -0.2) is 13.6 Å². The van der Waals surface area contributed by atoms with E-state index >= 15 is 0 Å². The lowest BCUT2D eigenvalue weighted by Crippen LogP contribution is -2.51. The third-order valence-electron chi connectivity index (χ3n) is 4.13. The van der Waals surface area contributed by atoms with Crippen molar-refractivity contribution < 1.29 is 13.6 Å². The summed E-state index contributed by atoms with van der Waals surface area (Å²) in [6, 6.07) is 10.6. The quantitative estimate of drug-likeness (QED) is 0.901. The highest BCUT2D eigenvalue weighted by molar-refractivity contribution is 6.33. The Morgan fingerprint density at radius 1 is 1.04 bits per heavy atom. The van der Waals surface area contributed by atoms with Crippen LogP contribution in [0.25, 0.3) is 0 Å². The van der Waals surface area contributed by atoms with E-state index in [0.29, 0.717) is 36.8 Å². The number of hydrogen-bond donors (Lipinski definition) is 1. The molecular weight excluding hydrogens is 348 g/mol. The van der Waals surface area contributed by atoms with Crippen LogP contribution in [-0.4, -0.2) is 37.1 Å². The van der Waals surface area contributed by atoms with Crippen LogP contribution in [0.3, 0.4) is 0 Å². The van der Waals surface area contributed by atoms with Crippen LogP contribution in [-0.2, 0) is 6.54 Å². The number of hydrogen-bond acceptors (Lipinski definition) is 2. The molecule has 0 unspecified atom stereocenters. The number of carbonyl (C=O) groups is 1. The van der Waals surface area contributed by atoms with E-state index in [0.717, 1.165) is 11.8 Å². The van der Waals surface area contributed by atoms with Gasteiger partial charge in [-0.3, -0.25) is 0 Å². The first-order valence-corrected chi connectivity index (χ1v) is 8.38. The molecule has 4 nitrogen and oxygen atoms in total. The van der Waals surface area contributed by atoms with Gasteiger partial charge in [0.2, 0.25) is 0 Å². The van der Waals surface area contributed by atoms with Crippen molar-refractivity contribution in [2.75, 3.05) is 31.1 Å². The summed E-state index contributed by atoms with van der Waals surface area (Å²) >= 11 is 6.20. The van der Waals surface area contributed by atoms with Crippen molar-refractivity contribution in [3.8, 4) is 0 Å². The highest BCUT2D eigenvalue weighted by atomic mass is 35.5. The van der Waals surface area contributed by atoms with Crippen LogP contribution >= 0.6 is 11.6 Å². The zero-order valence-electron chi connectivity index (χ0n) is 13.5. The van der Waals surface area contributed by atoms with Crippen molar-refractivity contribution in [1.82, 2.24) is 10.2 Å². The summed E-state index contributed by atoms with van der Waals surface area (Å²) < 4.78 is 26.3. The molecule has 0 aliphatic carbocycles. The molecule has 132 valence electrons. The Bertz CT molecular complexity index is 743. The molecule has 0 bridgehead atoms. The molecule has 2 aromatic rings. The van der Waals surface area contributed by atoms with E-state index < -0.39 is 11.6 Å². The molecule has 2 aromatic carbocycles. The van der Waals surface area contributed by atoms with Crippen LogP contribution in [0.4, 0.5) is 19.3 Å². The maximum Gasteiger partial charge on any atom is 0.317 e. The molecule has 0 spiro atoms. The van der Waals surface area contributed by atoms with E-state index in [2.05, 4.69) is 10.2 Å². The summed E-state index contributed by atoms with van der Waals surface area (Å²) in [5.74, 6) is -1.31. The summed E-state index contributed by atoms with van der Waals surface area (Å²) in [5, 5.41) is 3.39. The molecule has 1 aliphatic heterocycles. The summed E-state index contributed by atoms with van der Waals surface area (Å²) in [7, 11) is 0. The fraction of sp³-hybridized carbons (Fsp3) is 0.278. The molecule has 7 heteroatoms. The molecule has 2 amide bonds. The van der Waals surface area contributed by atoms with Gasteiger partial charge in [-0.05, 0) is 29.8 Å². The van der Waals surface area contributed by atoms with Gasteiger partial charge >= 0.3 is 6.03 Å². The minimum atomic E-state index is -0.655. The van der Waals surface area contributed by atoms with Crippen LogP contribution in [0.15, 0.2) is 42.5 Å². The Morgan fingerprint density at radius 3 is 2.32 bits per heavy atom. The molecule has 1 heterocycles. The number of urea groups is 1. The van der Waals surface area contributed by atoms with Gasteiger partial charge in [0.15, 0.2) is 0 Å². The number of nitrogens with zero attached hydrogens (tertiary/aromatic N) is 2. The first kappa shape index (κ1) is 17.5. The number of halogens is 3. The lowest BCUT2D eigenvalue weighted by Gasteiger charge is -2.36. The zero-order chi connectivity index (χ0) is 17.8. The van der Waals surface area contributed by atoms with Gasteiger partial charge in [0, 0.05) is 38.8 Å². The van der Waals surface area contributed by atoms with Crippen LogP contribution < -0.4 is 10.2 Å². The van der Waals surface area contributed by atoms with Gasteiger partial charge < -0.3 is 15.1 Å². The molecule has 0 atom stereocenters. The number of rotatable bonds is 3. The summed E-state index contributed by atoms with van der Waals surface area (Å²) in [6.45, 7) is 2.53. The molecule has 0 saturated carbocycles. The number of benzene rings is 2. The smallest absolute Gasteiger partial charge is 0.317 e. The van der Waals surface area contributed by atoms with E-state index in [1.807, 2.05) is 24.3 Å². The molecule has 0 aromatic heterocycles. The van der Waals surface area contributed by atoms with Crippen molar-refractivity contribution in [2.24, 2.45) is 0 Å². The van der Waals surface area contributed by atoms with Gasteiger partial charge in [-0.15, -0.1) is 0 Å². The molecule has 25 heavy (non-hydrogen) atoms. The normalized spacial score (nSPS) is 14.5. The second-order valence-electron chi connectivity index (χ2n) is 5.86. The predicted molar refractivity (Wildman–Crippen MR) is 93.8 cm³/mol. The lowest BCUT2D eigenvalue weighted by atomic mass is 10.2.